The van der Waals surface area contributed by atoms with Gasteiger partial charge in [0.2, 0.25) is 0 Å². The van der Waals surface area contributed by atoms with Crippen LogP contribution in [0.3, 0.4) is 0 Å². The molecule has 2 heterocycles. The molecule has 28 heavy (non-hydrogen) atoms. The number of ketones is 1. The molecular weight excluding hydrogens is 354 g/mol. The van der Waals surface area contributed by atoms with Gasteiger partial charge in [0, 0.05) is 17.3 Å². The normalized spacial score (nSPS) is 11.9. The predicted octanol–water partition coefficient (Wildman–Crippen LogP) is 3.63. The Morgan fingerprint density at radius 1 is 0.857 bits per heavy atom. The summed E-state index contributed by atoms with van der Waals surface area (Å²) >= 11 is 0. The van der Waals surface area contributed by atoms with Crippen molar-refractivity contribution in [2.45, 2.75) is 0 Å². The minimum atomic E-state index is -0.581. The summed E-state index contributed by atoms with van der Waals surface area (Å²) < 4.78 is 0. The van der Waals surface area contributed by atoms with E-state index in [1.165, 1.54) is 6.20 Å². The van der Waals surface area contributed by atoms with Gasteiger partial charge in [0.25, 0.3) is 5.56 Å². The average Bonchev–Trinajstić information content (AvgIpc) is 2.75. The van der Waals surface area contributed by atoms with Crippen LogP contribution >= 0.6 is 0 Å². The predicted molar refractivity (Wildman–Crippen MR) is 107 cm³/mol. The molecule has 6 heteroatoms. The number of rotatable bonds is 4. The van der Waals surface area contributed by atoms with Crippen LogP contribution in [-0.4, -0.2) is 25.8 Å². The van der Waals surface area contributed by atoms with Crippen molar-refractivity contribution < 1.29 is 9.90 Å². The number of aromatic nitrogens is 3. The summed E-state index contributed by atoms with van der Waals surface area (Å²) in [5.74, 6) is -0.821. The van der Waals surface area contributed by atoms with Crippen molar-refractivity contribution in [2.24, 2.45) is 0 Å². The van der Waals surface area contributed by atoms with E-state index >= 15 is 0 Å². The summed E-state index contributed by atoms with van der Waals surface area (Å²) in [6.07, 6.45) is 1.54. The summed E-state index contributed by atoms with van der Waals surface area (Å²) in [7, 11) is 0. The number of pyridine rings is 1. The van der Waals surface area contributed by atoms with Gasteiger partial charge in [-0.3, -0.25) is 9.59 Å². The first-order chi connectivity index (χ1) is 13.6. The van der Waals surface area contributed by atoms with E-state index < -0.39 is 11.3 Å². The number of aliphatic hydroxyl groups excluding tert-OH is 1. The molecule has 0 aliphatic rings. The van der Waals surface area contributed by atoms with Gasteiger partial charge >= 0.3 is 0 Å². The van der Waals surface area contributed by atoms with Crippen LogP contribution in [0.1, 0.15) is 21.6 Å². The monoisotopic (exact) mass is 369 g/mol. The minimum Gasteiger partial charge on any atom is -0.506 e. The van der Waals surface area contributed by atoms with E-state index in [2.05, 4.69) is 15.0 Å². The first-order valence-corrected chi connectivity index (χ1v) is 8.59. The van der Waals surface area contributed by atoms with Gasteiger partial charge in [-0.1, -0.05) is 60.7 Å². The Balaban J connectivity index is 2.00. The molecule has 0 aliphatic carbocycles. The average molecular weight is 369 g/mol. The summed E-state index contributed by atoms with van der Waals surface area (Å²) in [5.41, 5.74) is 0.527. The Morgan fingerprint density at radius 3 is 2.18 bits per heavy atom. The van der Waals surface area contributed by atoms with E-state index in [4.69, 9.17) is 0 Å². The summed E-state index contributed by atoms with van der Waals surface area (Å²) in [5, 5.41) is 10.9. The van der Waals surface area contributed by atoms with Gasteiger partial charge in [0.05, 0.1) is 11.1 Å². The van der Waals surface area contributed by atoms with Crippen LogP contribution in [0.25, 0.3) is 22.5 Å². The van der Waals surface area contributed by atoms with Gasteiger partial charge in [-0.25, -0.2) is 9.97 Å². The fourth-order valence-corrected chi connectivity index (χ4v) is 2.89. The van der Waals surface area contributed by atoms with Gasteiger partial charge in [0.15, 0.2) is 11.4 Å². The molecule has 0 bridgehead atoms. The molecule has 136 valence electrons. The van der Waals surface area contributed by atoms with E-state index in [0.29, 0.717) is 16.6 Å². The lowest BCUT2D eigenvalue weighted by Crippen LogP contribution is -2.20. The minimum absolute atomic E-state index is 0.175. The number of nitrogens with zero attached hydrogens (tertiary/aromatic N) is 2. The number of carbonyl (C=O) groups is 1. The number of fused-ring (bicyclic) bond motifs is 1. The lowest BCUT2D eigenvalue weighted by atomic mass is 9.97. The third kappa shape index (κ3) is 3.19. The number of Topliss-reactive ketones (excluding diaryl/α,β-unsaturated/α-hetero) is 1. The van der Waals surface area contributed by atoms with Gasteiger partial charge in [-0.15, -0.1) is 0 Å². The molecule has 2 aromatic heterocycles. The Hall–Kier alpha value is -4.06. The molecular formula is C22H15N3O3. The third-order valence-corrected chi connectivity index (χ3v) is 4.25. The van der Waals surface area contributed by atoms with Gasteiger partial charge in [-0.2, -0.15) is 0 Å². The quantitative estimate of drug-likeness (QED) is 0.325. The molecule has 0 atom stereocenters. The molecule has 0 fully saturated rings. The molecule has 0 saturated heterocycles. The van der Waals surface area contributed by atoms with Gasteiger partial charge in [-0.05, 0) is 12.1 Å². The molecule has 0 unspecified atom stereocenters. The maximum absolute atomic E-state index is 13.2. The maximum atomic E-state index is 13.2. The molecule has 0 radical (unpaired) electrons. The molecule has 4 rings (SSSR count). The first kappa shape index (κ1) is 17.4. The van der Waals surface area contributed by atoms with Crippen LogP contribution in [0.4, 0.5) is 0 Å². The third-order valence-electron chi connectivity index (χ3n) is 4.25. The van der Waals surface area contributed by atoms with Crippen molar-refractivity contribution >= 4 is 28.3 Å². The summed E-state index contributed by atoms with van der Waals surface area (Å²) in [6, 6.07) is 20.3. The number of nitrogens with one attached hydrogen (secondary N) is 1. The first-order valence-electron chi connectivity index (χ1n) is 8.59. The fourth-order valence-electron chi connectivity index (χ4n) is 2.89. The number of aliphatic hydroxyl groups is 1. The SMILES string of the molecule is O=C(/C(=C(/O)c1ccccc1)c1nc2ncccc2[nH]c1=O)c1ccccc1. The second-order valence-electron chi connectivity index (χ2n) is 6.07. The highest BCUT2D eigenvalue weighted by molar-refractivity contribution is 6.33. The lowest BCUT2D eigenvalue weighted by Gasteiger charge is -2.10. The van der Waals surface area contributed by atoms with Crippen molar-refractivity contribution in [3.05, 3.63) is 106 Å². The molecule has 0 spiro atoms. The Bertz CT molecular complexity index is 1250. The van der Waals surface area contributed by atoms with Crippen LogP contribution in [0.5, 0.6) is 0 Å². The number of hydrogen-bond donors (Lipinski definition) is 2. The van der Waals surface area contributed by atoms with E-state index in [1.807, 2.05) is 0 Å². The molecule has 6 nitrogen and oxygen atoms in total. The summed E-state index contributed by atoms with van der Waals surface area (Å²) in [6.45, 7) is 0. The summed E-state index contributed by atoms with van der Waals surface area (Å²) in [4.78, 5) is 37.0. The fraction of sp³-hybridized carbons (Fsp3) is 0. The highest BCUT2D eigenvalue weighted by Crippen LogP contribution is 2.25. The lowest BCUT2D eigenvalue weighted by molar-refractivity contribution is 0.105. The number of benzene rings is 2. The number of allylic oxidation sites excluding steroid dienone is 1. The molecule has 0 amide bonds. The number of aromatic amines is 1. The van der Waals surface area contributed by atoms with Crippen molar-refractivity contribution in [3.63, 3.8) is 0 Å². The Morgan fingerprint density at radius 2 is 1.50 bits per heavy atom. The highest BCUT2D eigenvalue weighted by atomic mass is 16.3. The van der Waals surface area contributed by atoms with E-state index in [-0.39, 0.29) is 22.7 Å². The molecule has 0 saturated carbocycles. The smallest absolute Gasteiger partial charge is 0.275 e. The van der Waals surface area contributed by atoms with Crippen LogP contribution in [0, 0.1) is 0 Å². The van der Waals surface area contributed by atoms with E-state index in [9.17, 15) is 14.7 Å². The van der Waals surface area contributed by atoms with Gasteiger partial charge < -0.3 is 10.1 Å². The van der Waals surface area contributed by atoms with Crippen LogP contribution in [0.2, 0.25) is 0 Å². The van der Waals surface area contributed by atoms with Crippen molar-refractivity contribution in [3.8, 4) is 0 Å². The standard InChI is InChI=1S/C22H15N3O3/c26-19(14-8-3-1-4-9-14)17(20(27)15-10-5-2-6-11-15)18-22(28)24-16-12-7-13-23-21(16)25-18/h1-13,26H,(H,24,28)/b19-17+. The van der Waals surface area contributed by atoms with Crippen LogP contribution < -0.4 is 5.56 Å². The molecule has 2 aromatic carbocycles. The molecule has 0 aliphatic heterocycles. The zero-order valence-electron chi connectivity index (χ0n) is 14.7. The zero-order valence-corrected chi connectivity index (χ0v) is 14.7. The van der Waals surface area contributed by atoms with Crippen molar-refractivity contribution in [2.75, 3.05) is 0 Å². The Kier molecular flexibility index (Phi) is 4.51. The highest BCUT2D eigenvalue weighted by Gasteiger charge is 2.24. The molecule has 4 aromatic rings. The van der Waals surface area contributed by atoms with Crippen molar-refractivity contribution in [1.29, 1.82) is 0 Å². The zero-order chi connectivity index (χ0) is 19.5. The maximum Gasteiger partial charge on any atom is 0.275 e. The topological polar surface area (TPSA) is 95.9 Å². The number of hydrogen-bond acceptors (Lipinski definition) is 5. The second-order valence-corrected chi connectivity index (χ2v) is 6.07. The van der Waals surface area contributed by atoms with Gasteiger partial charge in [0.1, 0.15) is 11.5 Å². The second kappa shape index (κ2) is 7.28. The number of H-pyrrole nitrogens is 1. The number of carbonyl (C=O) groups excluding carboxylic acids is 1. The molecule has 2 N–H and O–H groups in total. The largest absolute Gasteiger partial charge is 0.506 e. The van der Waals surface area contributed by atoms with Crippen LogP contribution in [0.15, 0.2) is 83.8 Å². The van der Waals surface area contributed by atoms with E-state index in [1.54, 1.807) is 72.8 Å². The van der Waals surface area contributed by atoms with Crippen molar-refractivity contribution in [1.82, 2.24) is 15.0 Å². The van der Waals surface area contributed by atoms with E-state index in [0.717, 1.165) is 0 Å². The Labute approximate surface area is 159 Å². The van der Waals surface area contributed by atoms with Crippen LogP contribution in [-0.2, 0) is 0 Å².